The van der Waals surface area contributed by atoms with E-state index in [0.29, 0.717) is 35.5 Å². The predicted octanol–water partition coefficient (Wildman–Crippen LogP) is 9.76. The normalized spacial score (nSPS) is 20.6. The minimum absolute atomic E-state index is 0.0443. The van der Waals surface area contributed by atoms with E-state index in [2.05, 4.69) is 6.07 Å². The summed E-state index contributed by atoms with van der Waals surface area (Å²) in [5, 5.41) is 13.4. The van der Waals surface area contributed by atoms with Crippen LogP contribution in [0.25, 0.3) is 0 Å². The van der Waals surface area contributed by atoms with Crippen LogP contribution in [0.1, 0.15) is 50.9 Å². The number of methoxy groups -OCH3 is 1. The van der Waals surface area contributed by atoms with Gasteiger partial charge in [0.05, 0.1) is 45.7 Å². The molecule has 2 aliphatic rings. The number of aliphatic hydroxyl groups is 1. The molecule has 0 amide bonds. The van der Waals surface area contributed by atoms with E-state index in [1.807, 2.05) is 121 Å². The van der Waals surface area contributed by atoms with Crippen molar-refractivity contribution in [2.75, 3.05) is 20.3 Å². The number of ether oxygens (including phenoxy) is 7. The van der Waals surface area contributed by atoms with Crippen molar-refractivity contribution < 1.29 is 47.0 Å². The van der Waals surface area contributed by atoms with Gasteiger partial charge in [0.15, 0.2) is 12.2 Å². The fourth-order valence-electron chi connectivity index (χ4n) is 7.90. The number of aryl methyl sites for hydroxylation is 1. The van der Waals surface area contributed by atoms with Gasteiger partial charge in [-0.3, -0.25) is 0 Å². The standard InChI is InChI=1S/C51H50F2O8/c1-55-45-30-46(58-32-37-17-8-3-9-18-37)43(29-42(45)28-40-24-25-44-41(27-40)23-14-26-57-44)51(54)49(60-34-39-21-12-5-13-22-39)48(59-33-38-19-10-4-11-20-38)50(52,53)47(61-51)35-56-31-36-15-6-2-7-16-36/h2-13,15-22,24-25,27,29-30,47-49,54H,14,23,26,28,31-35H2,1H3/t47-,48-,49-,51?/m1/s1. The van der Waals surface area contributed by atoms with E-state index < -0.39 is 36.6 Å². The molecule has 0 radical (unpaired) electrons. The molecule has 4 atom stereocenters. The molecule has 316 valence electrons. The molecule has 0 aliphatic carbocycles. The van der Waals surface area contributed by atoms with E-state index in [9.17, 15) is 5.11 Å². The highest BCUT2D eigenvalue weighted by Gasteiger charge is 2.66. The molecule has 1 saturated heterocycles. The molecular formula is C51H50F2O8. The number of rotatable bonds is 17. The van der Waals surface area contributed by atoms with Gasteiger partial charge in [-0.25, -0.2) is 8.78 Å². The summed E-state index contributed by atoms with van der Waals surface area (Å²) in [7, 11) is 1.56. The van der Waals surface area contributed by atoms with Gasteiger partial charge >= 0.3 is 5.92 Å². The molecule has 8 rings (SSSR count). The Bertz CT molecular complexity index is 2310. The van der Waals surface area contributed by atoms with Crippen LogP contribution in [0.15, 0.2) is 152 Å². The predicted molar refractivity (Wildman–Crippen MR) is 227 cm³/mol. The Kier molecular flexibility index (Phi) is 13.4. The lowest BCUT2D eigenvalue weighted by Crippen LogP contribution is -2.68. The van der Waals surface area contributed by atoms with Crippen molar-refractivity contribution in [3.8, 4) is 17.2 Å². The third kappa shape index (κ3) is 9.96. The number of halogens is 2. The average Bonchev–Trinajstić information content (AvgIpc) is 3.30. The van der Waals surface area contributed by atoms with Gasteiger partial charge in [-0.2, -0.15) is 0 Å². The largest absolute Gasteiger partial charge is 0.496 e. The molecule has 6 aromatic carbocycles. The first kappa shape index (κ1) is 42.1. The minimum atomic E-state index is -3.72. The summed E-state index contributed by atoms with van der Waals surface area (Å²) < 4.78 is 78.0. The van der Waals surface area contributed by atoms with E-state index in [1.165, 1.54) is 0 Å². The molecule has 10 heteroatoms. The van der Waals surface area contributed by atoms with Gasteiger partial charge < -0.3 is 38.3 Å². The van der Waals surface area contributed by atoms with Crippen LogP contribution >= 0.6 is 0 Å². The van der Waals surface area contributed by atoms with E-state index in [0.717, 1.165) is 40.8 Å². The SMILES string of the molecule is COc1cc(OCc2ccccc2)c(C2(O)O[C@H](COCc3ccccc3)C(F)(F)[C@H](OCc3ccccc3)[C@H]2OCc2ccccc2)cc1Cc1ccc2c(c1)CCCO2. The van der Waals surface area contributed by atoms with Crippen molar-refractivity contribution in [2.45, 2.75) is 75.7 Å². The Morgan fingerprint density at radius 1 is 0.639 bits per heavy atom. The van der Waals surface area contributed by atoms with Crippen molar-refractivity contribution in [3.63, 3.8) is 0 Å². The van der Waals surface area contributed by atoms with Crippen molar-refractivity contribution in [1.82, 2.24) is 0 Å². The zero-order chi connectivity index (χ0) is 42.1. The molecule has 0 bridgehead atoms. The van der Waals surface area contributed by atoms with Crippen LogP contribution in [0.5, 0.6) is 17.2 Å². The molecule has 6 aromatic rings. The van der Waals surface area contributed by atoms with Gasteiger partial charge in [-0.15, -0.1) is 0 Å². The summed E-state index contributed by atoms with van der Waals surface area (Å²) in [5.41, 5.74) is 5.84. The fraction of sp³-hybridized carbons (Fsp3) is 0.294. The summed E-state index contributed by atoms with van der Waals surface area (Å²) in [6.07, 6.45) is -3.60. The molecule has 61 heavy (non-hydrogen) atoms. The highest BCUT2D eigenvalue weighted by Crippen LogP contribution is 2.50. The molecule has 0 spiro atoms. The highest BCUT2D eigenvalue weighted by molar-refractivity contribution is 5.52. The number of hydrogen-bond donors (Lipinski definition) is 1. The Labute approximate surface area is 355 Å². The zero-order valence-corrected chi connectivity index (χ0v) is 34.1. The minimum Gasteiger partial charge on any atom is -0.496 e. The topological polar surface area (TPSA) is 84.8 Å². The van der Waals surface area contributed by atoms with Crippen LogP contribution in [-0.4, -0.2) is 49.7 Å². The Balaban J connectivity index is 1.24. The summed E-state index contributed by atoms with van der Waals surface area (Å²) in [6, 6.07) is 46.5. The Morgan fingerprint density at radius 2 is 1.21 bits per heavy atom. The Hall–Kier alpha value is -5.62. The monoisotopic (exact) mass is 828 g/mol. The first-order valence-electron chi connectivity index (χ1n) is 20.6. The molecule has 2 aliphatic heterocycles. The van der Waals surface area contributed by atoms with Crippen LogP contribution < -0.4 is 14.2 Å². The second-order valence-corrected chi connectivity index (χ2v) is 15.4. The van der Waals surface area contributed by atoms with Gasteiger partial charge in [0.25, 0.3) is 0 Å². The molecule has 1 unspecified atom stereocenters. The van der Waals surface area contributed by atoms with Gasteiger partial charge in [-0.1, -0.05) is 133 Å². The van der Waals surface area contributed by atoms with E-state index in [1.54, 1.807) is 31.4 Å². The summed E-state index contributed by atoms with van der Waals surface area (Å²) in [5.74, 6) is -4.79. The number of alkyl halides is 2. The fourth-order valence-corrected chi connectivity index (χ4v) is 7.90. The van der Waals surface area contributed by atoms with Crippen LogP contribution in [-0.2, 0) is 64.0 Å². The van der Waals surface area contributed by atoms with Crippen molar-refractivity contribution in [2.24, 2.45) is 0 Å². The number of fused-ring (bicyclic) bond motifs is 1. The van der Waals surface area contributed by atoms with Gasteiger partial charge in [0.2, 0.25) is 5.79 Å². The van der Waals surface area contributed by atoms with Crippen LogP contribution in [0.4, 0.5) is 8.78 Å². The maximum atomic E-state index is 17.3. The zero-order valence-electron chi connectivity index (χ0n) is 34.1. The van der Waals surface area contributed by atoms with Gasteiger partial charge in [0.1, 0.15) is 30.0 Å². The van der Waals surface area contributed by atoms with Crippen molar-refractivity contribution in [3.05, 3.63) is 196 Å². The molecular weight excluding hydrogens is 779 g/mol. The number of hydrogen-bond acceptors (Lipinski definition) is 8. The number of benzene rings is 6. The lowest BCUT2D eigenvalue weighted by Gasteiger charge is -2.50. The average molecular weight is 829 g/mol. The van der Waals surface area contributed by atoms with E-state index in [4.69, 9.17) is 33.2 Å². The van der Waals surface area contributed by atoms with Crippen LogP contribution in [0.3, 0.4) is 0 Å². The van der Waals surface area contributed by atoms with Crippen LogP contribution in [0.2, 0.25) is 0 Å². The van der Waals surface area contributed by atoms with Gasteiger partial charge in [0, 0.05) is 12.5 Å². The smallest absolute Gasteiger partial charge is 0.304 e. The van der Waals surface area contributed by atoms with Crippen LogP contribution in [0, 0.1) is 0 Å². The maximum Gasteiger partial charge on any atom is 0.304 e. The van der Waals surface area contributed by atoms with Gasteiger partial charge in [-0.05, 0) is 63.9 Å². The lowest BCUT2D eigenvalue weighted by atomic mass is 9.85. The second kappa shape index (κ2) is 19.4. The third-order valence-corrected chi connectivity index (χ3v) is 11.1. The molecule has 0 aromatic heterocycles. The lowest BCUT2D eigenvalue weighted by molar-refractivity contribution is -0.406. The molecule has 0 saturated carbocycles. The molecule has 8 nitrogen and oxygen atoms in total. The molecule has 1 fully saturated rings. The van der Waals surface area contributed by atoms with Crippen molar-refractivity contribution >= 4 is 0 Å². The molecule has 1 N–H and O–H groups in total. The second-order valence-electron chi connectivity index (χ2n) is 15.4. The highest BCUT2D eigenvalue weighted by atomic mass is 19.3. The maximum absolute atomic E-state index is 17.3. The van der Waals surface area contributed by atoms with Crippen molar-refractivity contribution in [1.29, 1.82) is 0 Å². The first-order chi connectivity index (χ1) is 29.8. The summed E-state index contributed by atoms with van der Waals surface area (Å²) in [4.78, 5) is 0. The summed E-state index contributed by atoms with van der Waals surface area (Å²) >= 11 is 0. The third-order valence-electron chi connectivity index (χ3n) is 11.1. The summed E-state index contributed by atoms with van der Waals surface area (Å²) in [6.45, 7) is -0.0704. The Morgan fingerprint density at radius 3 is 1.82 bits per heavy atom. The molecule has 2 heterocycles. The van der Waals surface area contributed by atoms with E-state index >= 15 is 8.78 Å². The quantitative estimate of drug-likeness (QED) is 0.0974. The first-order valence-corrected chi connectivity index (χ1v) is 20.6. The van der Waals surface area contributed by atoms with E-state index in [-0.39, 0.29) is 37.7 Å².